The minimum atomic E-state index is -0.422. The van der Waals surface area contributed by atoms with Gasteiger partial charge in [-0.3, -0.25) is 9.59 Å². The first-order valence-corrected chi connectivity index (χ1v) is 10.6. The molecule has 1 spiro atoms. The molecule has 1 aromatic rings. The average molecular weight is 378 g/mol. The lowest BCUT2D eigenvalue weighted by Crippen LogP contribution is -2.41. The maximum atomic E-state index is 13.0. The van der Waals surface area contributed by atoms with Crippen LogP contribution in [0.3, 0.4) is 0 Å². The summed E-state index contributed by atoms with van der Waals surface area (Å²) in [5, 5.41) is 10.5. The molecule has 1 aromatic heterocycles. The summed E-state index contributed by atoms with van der Waals surface area (Å²) in [6, 6.07) is 2.46. The summed E-state index contributed by atoms with van der Waals surface area (Å²) in [5.41, 5.74) is 1.11. The zero-order chi connectivity index (χ0) is 18.8. The molecule has 2 fully saturated rings. The van der Waals surface area contributed by atoms with Crippen LogP contribution in [0.2, 0.25) is 0 Å². The van der Waals surface area contributed by atoms with Crippen LogP contribution in [-0.2, 0) is 16.1 Å². The van der Waals surface area contributed by atoms with Crippen molar-refractivity contribution in [3.63, 3.8) is 0 Å². The van der Waals surface area contributed by atoms with Crippen molar-refractivity contribution in [2.24, 2.45) is 10.8 Å². The molecule has 1 saturated heterocycles. The third-order valence-electron chi connectivity index (χ3n) is 5.68. The average Bonchev–Trinajstić information content (AvgIpc) is 3.03. The summed E-state index contributed by atoms with van der Waals surface area (Å²) >= 11 is 1.67. The third kappa shape index (κ3) is 4.46. The van der Waals surface area contributed by atoms with Crippen LogP contribution < -0.4 is 10.6 Å². The van der Waals surface area contributed by atoms with Crippen LogP contribution in [0.5, 0.6) is 0 Å². The minimum Gasteiger partial charge on any atom is -0.355 e. The van der Waals surface area contributed by atoms with E-state index in [0.29, 0.717) is 31.0 Å². The largest absolute Gasteiger partial charge is 0.355 e. The highest BCUT2D eigenvalue weighted by atomic mass is 32.1. The van der Waals surface area contributed by atoms with Crippen molar-refractivity contribution in [3.8, 4) is 0 Å². The molecule has 2 aliphatic rings. The van der Waals surface area contributed by atoms with Gasteiger partial charge >= 0.3 is 0 Å². The Bertz CT molecular complexity index is 630. The molecule has 144 valence electrons. The van der Waals surface area contributed by atoms with Crippen LogP contribution in [0.1, 0.15) is 52.0 Å². The highest BCUT2D eigenvalue weighted by molar-refractivity contribution is 7.07. The molecule has 5 nitrogen and oxygen atoms in total. The van der Waals surface area contributed by atoms with E-state index in [1.807, 2.05) is 20.8 Å². The van der Waals surface area contributed by atoms with Gasteiger partial charge in [0.1, 0.15) is 0 Å². The number of carbonyl (C=O) groups is 2. The Kier molecular flexibility index (Phi) is 5.72. The monoisotopic (exact) mass is 377 g/mol. The summed E-state index contributed by atoms with van der Waals surface area (Å²) in [7, 11) is 0. The Morgan fingerprint density at radius 2 is 2.08 bits per heavy atom. The van der Waals surface area contributed by atoms with E-state index < -0.39 is 5.41 Å². The fourth-order valence-electron chi connectivity index (χ4n) is 3.87. The highest BCUT2D eigenvalue weighted by Crippen LogP contribution is 2.56. The summed E-state index contributed by atoms with van der Waals surface area (Å²) in [6.07, 6.45) is 3.81. The second-order valence-electron chi connectivity index (χ2n) is 8.74. The van der Waals surface area contributed by atoms with Gasteiger partial charge in [-0.05, 0) is 60.2 Å². The van der Waals surface area contributed by atoms with Crippen molar-refractivity contribution >= 4 is 23.2 Å². The SMILES string of the molecule is CC(C)(C)C(=O)NCCC(=O)N(Cc1ccsc1)C1CC12CCNCC2. The number of hydrogen-bond donors (Lipinski definition) is 2. The van der Waals surface area contributed by atoms with Crippen molar-refractivity contribution in [1.29, 1.82) is 0 Å². The lowest BCUT2D eigenvalue weighted by atomic mass is 9.93. The first kappa shape index (κ1) is 19.4. The molecule has 2 N–H and O–H groups in total. The van der Waals surface area contributed by atoms with Gasteiger partial charge in [0.25, 0.3) is 0 Å². The van der Waals surface area contributed by atoms with E-state index in [0.717, 1.165) is 32.4 Å². The first-order chi connectivity index (χ1) is 12.3. The van der Waals surface area contributed by atoms with Gasteiger partial charge < -0.3 is 15.5 Å². The normalized spacial score (nSPS) is 21.4. The number of rotatable bonds is 6. The number of carbonyl (C=O) groups excluding carboxylic acids is 2. The van der Waals surface area contributed by atoms with Crippen LogP contribution in [-0.4, -0.2) is 42.4 Å². The molecule has 1 unspecified atom stereocenters. The van der Waals surface area contributed by atoms with Crippen LogP contribution >= 0.6 is 11.3 Å². The van der Waals surface area contributed by atoms with Crippen LogP contribution in [0.25, 0.3) is 0 Å². The van der Waals surface area contributed by atoms with E-state index in [4.69, 9.17) is 0 Å². The number of hydrogen-bond acceptors (Lipinski definition) is 4. The lowest BCUT2D eigenvalue weighted by Gasteiger charge is -2.30. The second kappa shape index (κ2) is 7.69. The number of thiophene rings is 1. The van der Waals surface area contributed by atoms with Gasteiger partial charge in [0.05, 0.1) is 0 Å². The molecule has 1 aliphatic heterocycles. The van der Waals surface area contributed by atoms with Gasteiger partial charge in [-0.1, -0.05) is 20.8 Å². The molecule has 1 aliphatic carbocycles. The number of nitrogens with zero attached hydrogens (tertiary/aromatic N) is 1. The zero-order valence-corrected chi connectivity index (χ0v) is 17.0. The van der Waals surface area contributed by atoms with Gasteiger partial charge in [0.2, 0.25) is 11.8 Å². The van der Waals surface area contributed by atoms with E-state index in [9.17, 15) is 9.59 Å². The molecular formula is C20H31N3O2S. The molecule has 0 aromatic carbocycles. The highest BCUT2D eigenvalue weighted by Gasteiger charge is 2.57. The molecule has 6 heteroatoms. The fourth-order valence-corrected chi connectivity index (χ4v) is 4.53. The number of nitrogens with one attached hydrogen (secondary N) is 2. The Hall–Kier alpha value is -1.40. The van der Waals surface area contributed by atoms with E-state index in [1.165, 1.54) is 5.56 Å². The van der Waals surface area contributed by atoms with Crippen molar-refractivity contribution < 1.29 is 9.59 Å². The molecular weight excluding hydrogens is 346 g/mol. The number of piperidine rings is 1. The molecule has 1 atom stereocenters. The van der Waals surface area contributed by atoms with Gasteiger partial charge in [0, 0.05) is 31.0 Å². The Morgan fingerprint density at radius 1 is 1.35 bits per heavy atom. The summed E-state index contributed by atoms with van der Waals surface area (Å²) in [6.45, 7) is 8.87. The van der Waals surface area contributed by atoms with Gasteiger partial charge in [-0.25, -0.2) is 0 Å². The smallest absolute Gasteiger partial charge is 0.225 e. The molecule has 0 bridgehead atoms. The van der Waals surface area contributed by atoms with Crippen LogP contribution in [0.4, 0.5) is 0 Å². The predicted octanol–water partition coefficient (Wildman–Crippen LogP) is 2.77. The quantitative estimate of drug-likeness (QED) is 0.801. The van der Waals surface area contributed by atoms with Gasteiger partial charge in [0.15, 0.2) is 0 Å². The van der Waals surface area contributed by atoms with E-state index in [-0.39, 0.29) is 11.8 Å². The van der Waals surface area contributed by atoms with Crippen LogP contribution in [0, 0.1) is 10.8 Å². The van der Waals surface area contributed by atoms with Crippen molar-refractivity contribution in [3.05, 3.63) is 22.4 Å². The number of amides is 2. The third-order valence-corrected chi connectivity index (χ3v) is 6.41. The van der Waals surface area contributed by atoms with Crippen LogP contribution in [0.15, 0.2) is 16.8 Å². The Morgan fingerprint density at radius 3 is 2.69 bits per heavy atom. The second-order valence-corrected chi connectivity index (χ2v) is 9.52. The summed E-state index contributed by atoms with van der Waals surface area (Å²) in [5.74, 6) is 0.154. The molecule has 2 heterocycles. The van der Waals surface area contributed by atoms with Crippen molar-refractivity contribution in [2.45, 2.75) is 59.0 Å². The topological polar surface area (TPSA) is 61.4 Å². The lowest BCUT2D eigenvalue weighted by molar-refractivity contribution is -0.133. The standard InChI is InChI=1S/C20H31N3O2S/c1-19(2,3)18(25)22-8-4-17(24)23(13-15-5-11-26-14-15)16-12-20(16)6-9-21-10-7-20/h5,11,14,16,21H,4,6-10,12-13H2,1-3H3,(H,22,25). The molecule has 3 rings (SSSR count). The van der Waals surface area contributed by atoms with Gasteiger partial charge in [-0.15, -0.1) is 0 Å². The minimum absolute atomic E-state index is 0.00377. The summed E-state index contributed by atoms with van der Waals surface area (Å²) < 4.78 is 0. The van der Waals surface area contributed by atoms with Crippen molar-refractivity contribution in [1.82, 2.24) is 15.5 Å². The molecule has 26 heavy (non-hydrogen) atoms. The van der Waals surface area contributed by atoms with E-state index >= 15 is 0 Å². The molecule has 0 radical (unpaired) electrons. The van der Waals surface area contributed by atoms with E-state index in [1.54, 1.807) is 11.3 Å². The maximum Gasteiger partial charge on any atom is 0.225 e. The maximum absolute atomic E-state index is 13.0. The van der Waals surface area contributed by atoms with Gasteiger partial charge in [-0.2, -0.15) is 11.3 Å². The summed E-state index contributed by atoms with van der Waals surface area (Å²) in [4.78, 5) is 27.1. The van der Waals surface area contributed by atoms with Crippen molar-refractivity contribution in [2.75, 3.05) is 19.6 Å². The fraction of sp³-hybridized carbons (Fsp3) is 0.700. The Balaban J connectivity index is 1.60. The Labute approximate surface area is 160 Å². The molecule has 2 amide bonds. The van der Waals surface area contributed by atoms with E-state index in [2.05, 4.69) is 32.4 Å². The zero-order valence-electron chi connectivity index (χ0n) is 16.1. The first-order valence-electron chi connectivity index (χ1n) is 9.61. The predicted molar refractivity (Wildman–Crippen MR) is 105 cm³/mol. The molecule has 1 saturated carbocycles.